The summed E-state index contributed by atoms with van der Waals surface area (Å²) < 4.78 is 5.11. The fourth-order valence-electron chi connectivity index (χ4n) is 1.94. The normalized spacial score (nSPS) is 17.3. The number of amides is 1. The van der Waals surface area contributed by atoms with Crippen LogP contribution in [-0.2, 0) is 11.3 Å². The molecule has 1 aromatic carbocycles. The molecule has 4 heteroatoms. The highest BCUT2D eigenvalue weighted by atomic mass is 16.5. The minimum atomic E-state index is 0.203. The topological polar surface area (TPSA) is 32.8 Å². The molecule has 0 N–H and O–H groups in total. The lowest BCUT2D eigenvalue weighted by Crippen LogP contribution is -2.48. The first kappa shape index (κ1) is 11.9. The van der Waals surface area contributed by atoms with Gasteiger partial charge in [0.25, 0.3) is 0 Å². The second-order valence-corrected chi connectivity index (χ2v) is 4.40. The van der Waals surface area contributed by atoms with Crippen molar-refractivity contribution in [2.75, 3.05) is 33.8 Å². The van der Waals surface area contributed by atoms with Gasteiger partial charge in [0.1, 0.15) is 5.75 Å². The summed E-state index contributed by atoms with van der Waals surface area (Å²) in [4.78, 5) is 15.7. The molecule has 1 fully saturated rings. The molecular weight excluding hydrogens is 216 g/mol. The highest BCUT2D eigenvalue weighted by Gasteiger charge is 2.21. The van der Waals surface area contributed by atoms with Gasteiger partial charge in [-0.2, -0.15) is 0 Å². The first-order valence-electron chi connectivity index (χ1n) is 5.78. The Bertz CT molecular complexity index is 389. The van der Waals surface area contributed by atoms with Gasteiger partial charge in [-0.05, 0) is 24.7 Å². The molecular formula is C13H18N2O2. The van der Waals surface area contributed by atoms with Crippen LogP contribution in [0.2, 0.25) is 0 Å². The number of benzene rings is 1. The Balaban J connectivity index is 1.98. The Labute approximate surface area is 102 Å². The summed E-state index contributed by atoms with van der Waals surface area (Å²) in [6.07, 6.45) is 0. The van der Waals surface area contributed by atoms with E-state index in [0.717, 1.165) is 24.4 Å². The van der Waals surface area contributed by atoms with Crippen molar-refractivity contribution >= 4 is 5.91 Å². The molecule has 0 radical (unpaired) electrons. The van der Waals surface area contributed by atoms with Crippen molar-refractivity contribution in [1.29, 1.82) is 0 Å². The molecule has 17 heavy (non-hydrogen) atoms. The van der Waals surface area contributed by atoms with Crippen LogP contribution in [0.25, 0.3) is 0 Å². The van der Waals surface area contributed by atoms with Gasteiger partial charge in [-0.25, -0.2) is 0 Å². The van der Waals surface area contributed by atoms with Crippen molar-refractivity contribution in [3.05, 3.63) is 29.8 Å². The summed E-state index contributed by atoms with van der Waals surface area (Å²) in [5.41, 5.74) is 1.14. The first-order chi connectivity index (χ1) is 8.19. The average molecular weight is 234 g/mol. The second kappa shape index (κ2) is 5.19. The molecule has 92 valence electrons. The number of carbonyl (C=O) groups excluding carboxylic acids is 1. The molecule has 1 aliphatic heterocycles. The van der Waals surface area contributed by atoms with Crippen molar-refractivity contribution in [3.8, 4) is 5.75 Å². The highest BCUT2D eigenvalue weighted by molar-refractivity contribution is 5.79. The smallest absolute Gasteiger partial charge is 0.237 e. The van der Waals surface area contributed by atoms with Crippen LogP contribution in [0, 0.1) is 0 Å². The zero-order valence-electron chi connectivity index (χ0n) is 10.3. The minimum Gasteiger partial charge on any atom is -0.497 e. The Morgan fingerprint density at radius 2 is 1.94 bits per heavy atom. The molecule has 0 saturated carbocycles. The number of methoxy groups -OCH3 is 1. The summed E-state index contributed by atoms with van der Waals surface area (Å²) in [6.45, 7) is 2.97. The van der Waals surface area contributed by atoms with Gasteiger partial charge in [-0.1, -0.05) is 12.1 Å². The van der Waals surface area contributed by atoms with Crippen LogP contribution in [0.5, 0.6) is 5.75 Å². The van der Waals surface area contributed by atoms with E-state index in [4.69, 9.17) is 4.74 Å². The van der Waals surface area contributed by atoms with Gasteiger partial charge in [-0.3, -0.25) is 9.69 Å². The van der Waals surface area contributed by atoms with E-state index >= 15 is 0 Å². The van der Waals surface area contributed by atoms with Crippen LogP contribution in [0.15, 0.2) is 24.3 Å². The molecule has 0 unspecified atom stereocenters. The molecule has 1 aromatic rings. The number of piperazine rings is 1. The molecule has 1 saturated heterocycles. The summed E-state index contributed by atoms with van der Waals surface area (Å²) in [5.74, 6) is 1.05. The van der Waals surface area contributed by atoms with Crippen molar-refractivity contribution in [2.45, 2.75) is 6.54 Å². The van der Waals surface area contributed by atoms with Crippen LogP contribution < -0.4 is 4.74 Å². The van der Waals surface area contributed by atoms with Gasteiger partial charge in [0.05, 0.1) is 13.7 Å². The van der Waals surface area contributed by atoms with Crippen LogP contribution in [0.3, 0.4) is 0 Å². The summed E-state index contributed by atoms with van der Waals surface area (Å²) in [5, 5.41) is 0. The zero-order valence-corrected chi connectivity index (χ0v) is 10.3. The number of ether oxygens (including phenoxy) is 1. The van der Waals surface area contributed by atoms with Gasteiger partial charge in [0.15, 0.2) is 0 Å². The summed E-state index contributed by atoms with van der Waals surface area (Å²) >= 11 is 0. The van der Waals surface area contributed by atoms with E-state index in [-0.39, 0.29) is 5.91 Å². The van der Waals surface area contributed by atoms with Crippen LogP contribution in [0.1, 0.15) is 5.56 Å². The third-order valence-corrected chi connectivity index (χ3v) is 3.04. The molecule has 0 atom stereocenters. The van der Waals surface area contributed by atoms with Gasteiger partial charge >= 0.3 is 0 Å². The lowest BCUT2D eigenvalue weighted by atomic mass is 10.2. The Morgan fingerprint density at radius 3 is 2.53 bits per heavy atom. The van der Waals surface area contributed by atoms with E-state index in [0.29, 0.717) is 13.1 Å². The summed E-state index contributed by atoms with van der Waals surface area (Å²) in [6, 6.07) is 7.86. The second-order valence-electron chi connectivity index (χ2n) is 4.40. The molecule has 1 heterocycles. The van der Waals surface area contributed by atoms with Crippen LogP contribution in [0.4, 0.5) is 0 Å². The Kier molecular flexibility index (Phi) is 3.64. The molecule has 0 bridgehead atoms. The van der Waals surface area contributed by atoms with Crippen LogP contribution >= 0.6 is 0 Å². The van der Waals surface area contributed by atoms with Crippen molar-refractivity contribution in [3.63, 3.8) is 0 Å². The van der Waals surface area contributed by atoms with Gasteiger partial charge in [0, 0.05) is 19.6 Å². The number of nitrogens with zero attached hydrogens (tertiary/aromatic N) is 2. The molecule has 1 aliphatic rings. The fourth-order valence-corrected chi connectivity index (χ4v) is 1.94. The first-order valence-corrected chi connectivity index (χ1v) is 5.78. The largest absolute Gasteiger partial charge is 0.497 e. The third-order valence-electron chi connectivity index (χ3n) is 3.04. The number of carbonyl (C=O) groups is 1. The van der Waals surface area contributed by atoms with E-state index in [9.17, 15) is 4.79 Å². The number of hydrogen-bond donors (Lipinski definition) is 0. The number of hydrogen-bond acceptors (Lipinski definition) is 3. The minimum absolute atomic E-state index is 0.203. The van der Waals surface area contributed by atoms with Gasteiger partial charge < -0.3 is 9.64 Å². The highest BCUT2D eigenvalue weighted by Crippen LogP contribution is 2.14. The van der Waals surface area contributed by atoms with E-state index in [1.165, 1.54) is 0 Å². The molecule has 0 aromatic heterocycles. The van der Waals surface area contributed by atoms with Crippen LogP contribution in [-0.4, -0.2) is 49.5 Å². The Morgan fingerprint density at radius 1 is 1.24 bits per heavy atom. The molecule has 4 nitrogen and oxygen atoms in total. The Hall–Kier alpha value is -1.55. The molecule has 2 rings (SSSR count). The third kappa shape index (κ3) is 2.97. The van der Waals surface area contributed by atoms with E-state index in [1.54, 1.807) is 7.11 Å². The number of likely N-dealkylation sites (N-methyl/N-ethyl adjacent to an activating group) is 1. The molecule has 0 spiro atoms. The molecule has 1 amide bonds. The average Bonchev–Trinajstić information content (AvgIpc) is 2.34. The van der Waals surface area contributed by atoms with E-state index in [2.05, 4.69) is 0 Å². The lowest BCUT2D eigenvalue weighted by molar-refractivity contribution is -0.136. The predicted octanol–water partition coefficient (Wildman–Crippen LogP) is 0.969. The van der Waals surface area contributed by atoms with Crippen molar-refractivity contribution in [2.24, 2.45) is 0 Å². The standard InChI is InChI=1S/C13H18N2O2/c1-14-7-8-15(13(16)10-14)9-11-3-5-12(17-2)6-4-11/h3-6H,7-10H2,1-2H3. The fraction of sp³-hybridized carbons (Fsp3) is 0.462. The maximum absolute atomic E-state index is 11.8. The maximum atomic E-state index is 11.8. The molecule has 0 aliphatic carbocycles. The predicted molar refractivity (Wildman–Crippen MR) is 65.9 cm³/mol. The van der Waals surface area contributed by atoms with E-state index in [1.807, 2.05) is 41.1 Å². The van der Waals surface area contributed by atoms with Gasteiger partial charge in [-0.15, -0.1) is 0 Å². The lowest BCUT2D eigenvalue weighted by Gasteiger charge is -2.32. The number of rotatable bonds is 3. The monoisotopic (exact) mass is 234 g/mol. The van der Waals surface area contributed by atoms with Crippen molar-refractivity contribution in [1.82, 2.24) is 9.80 Å². The zero-order chi connectivity index (χ0) is 12.3. The quantitative estimate of drug-likeness (QED) is 0.781. The maximum Gasteiger partial charge on any atom is 0.237 e. The van der Waals surface area contributed by atoms with E-state index < -0.39 is 0 Å². The van der Waals surface area contributed by atoms with Gasteiger partial charge in [0.2, 0.25) is 5.91 Å². The van der Waals surface area contributed by atoms with Crippen molar-refractivity contribution < 1.29 is 9.53 Å². The summed E-state index contributed by atoms with van der Waals surface area (Å²) in [7, 11) is 3.63. The SMILES string of the molecule is COc1ccc(CN2CCN(C)CC2=O)cc1.